The molecule has 2 unspecified atom stereocenters. The summed E-state index contributed by atoms with van der Waals surface area (Å²) in [6, 6.07) is 0.0564. The van der Waals surface area contributed by atoms with E-state index in [4.69, 9.17) is 0 Å². The molecular weight excluding hydrogens is 314 g/mol. The van der Waals surface area contributed by atoms with Crippen LogP contribution >= 0.6 is 0 Å². The third-order valence-electron chi connectivity index (χ3n) is 5.77. The highest BCUT2D eigenvalue weighted by Crippen LogP contribution is 2.29. The van der Waals surface area contributed by atoms with E-state index in [-0.39, 0.29) is 17.9 Å². The van der Waals surface area contributed by atoms with Gasteiger partial charge in [-0.05, 0) is 38.6 Å². The molecule has 0 radical (unpaired) electrons. The lowest BCUT2D eigenvalue weighted by molar-refractivity contribution is -0.136. The number of amides is 1. The van der Waals surface area contributed by atoms with Crippen molar-refractivity contribution in [3.8, 4) is 0 Å². The maximum absolute atomic E-state index is 12.9. The smallest absolute Gasteiger partial charge is 0.225 e. The van der Waals surface area contributed by atoms with E-state index in [0.29, 0.717) is 13.0 Å². The van der Waals surface area contributed by atoms with Crippen molar-refractivity contribution in [1.29, 1.82) is 0 Å². The zero-order valence-corrected chi connectivity index (χ0v) is 14.9. The number of carbonyl (C=O) groups is 1. The molecule has 2 atom stereocenters. The SMILES string of the molecule is CN(C1CCNC1)S(=O)(=O)C1CCCN(C(=O)C2CCCC2)C1. The van der Waals surface area contributed by atoms with Gasteiger partial charge in [-0.2, -0.15) is 0 Å². The molecule has 3 fully saturated rings. The Morgan fingerprint density at radius 3 is 2.52 bits per heavy atom. The van der Waals surface area contributed by atoms with E-state index in [1.165, 1.54) is 0 Å². The minimum absolute atomic E-state index is 0.0564. The molecule has 6 nitrogen and oxygen atoms in total. The van der Waals surface area contributed by atoms with Crippen molar-refractivity contribution < 1.29 is 13.2 Å². The summed E-state index contributed by atoms with van der Waals surface area (Å²) in [6.45, 7) is 2.70. The number of carbonyl (C=O) groups excluding carboxylic acids is 1. The Kier molecular flexibility index (Phi) is 5.28. The molecule has 0 aromatic rings. The number of likely N-dealkylation sites (tertiary alicyclic amines) is 1. The van der Waals surface area contributed by atoms with Crippen LogP contribution < -0.4 is 5.32 Å². The highest BCUT2D eigenvalue weighted by molar-refractivity contribution is 7.89. The van der Waals surface area contributed by atoms with Crippen molar-refractivity contribution in [2.45, 2.75) is 56.2 Å². The second-order valence-corrected chi connectivity index (χ2v) is 9.51. The molecule has 0 aromatic heterocycles. The minimum Gasteiger partial charge on any atom is -0.341 e. The lowest BCUT2D eigenvalue weighted by Crippen LogP contribution is -2.52. The van der Waals surface area contributed by atoms with E-state index in [1.807, 2.05) is 4.90 Å². The first-order valence-electron chi connectivity index (χ1n) is 8.96. The second-order valence-electron chi connectivity index (χ2n) is 7.24. The van der Waals surface area contributed by atoms with Crippen LogP contribution in [0.5, 0.6) is 0 Å². The topological polar surface area (TPSA) is 69.7 Å². The van der Waals surface area contributed by atoms with Crippen LogP contribution in [0.1, 0.15) is 44.9 Å². The van der Waals surface area contributed by atoms with Crippen LogP contribution in [-0.4, -0.2) is 68.0 Å². The monoisotopic (exact) mass is 343 g/mol. The largest absolute Gasteiger partial charge is 0.341 e. The van der Waals surface area contributed by atoms with Crippen LogP contribution in [0, 0.1) is 5.92 Å². The molecule has 0 spiro atoms. The second kappa shape index (κ2) is 7.07. The summed E-state index contributed by atoms with van der Waals surface area (Å²) in [7, 11) is -1.64. The zero-order valence-electron chi connectivity index (χ0n) is 14.0. The Bertz CT molecular complexity index is 525. The average Bonchev–Trinajstić information content (AvgIpc) is 3.26. The number of rotatable bonds is 4. The number of hydrogen-bond donors (Lipinski definition) is 1. The van der Waals surface area contributed by atoms with Gasteiger partial charge in [0.25, 0.3) is 0 Å². The third kappa shape index (κ3) is 3.56. The fraction of sp³-hybridized carbons (Fsp3) is 0.938. The van der Waals surface area contributed by atoms with Crippen molar-refractivity contribution in [2.75, 3.05) is 33.2 Å². The van der Waals surface area contributed by atoms with E-state index in [1.54, 1.807) is 11.4 Å². The summed E-state index contributed by atoms with van der Waals surface area (Å²) in [5.74, 6) is 0.320. The summed E-state index contributed by atoms with van der Waals surface area (Å²) in [5.41, 5.74) is 0. The van der Waals surface area contributed by atoms with E-state index < -0.39 is 15.3 Å². The molecular formula is C16H29N3O3S. The summed E-state index contributed by atoms with van der Waals surface area (Å²) < 4.78 is 27.4. The molecule has 23 heavy (non-hydrogen) atoms. The minimum atomic E-state index is -3.34. The number of piperidine rings is 1. The van der Waals surface area contributed by atoms with Gasteiger partial charge >= 0.3 is 0 Å². The van der Waals surface area contributed by atoms with Gasteiger partial charge in [-0.15, -0.1) is 0 Å². The van der Waals surface area contributed by atoms with Crippen molar-refractivity contribution in [1.82, 2.24) is 14.5 Å². The van der Waals surface area contributed by atoms with Crippen LogP contribution in [0.4, 0.5) is 0 Å². The lowest BCUT2D eigenvalue weighted by atomic mass is 10.0. The van der Waals surface area contributed by atoms with Crippen LogP contribution in [0.25, 0.3) is 0 Å². The lowest BCUT2D eigenvalue weighted by Gasteiger charge is -2.36. The number of likely N-dealkylation sites (N-methyl/N-ethyl adjacent to an activating group) is 1. The Morgan fingerprint density at radius 1 is 1.13 bits per heavy atom. The Labute approximate surface area is 139 Å². The predicted octanol–water partition coefficient (Wildman–Crippen LogP) is 0.791. The van der Waals surface area contributed by atoms with Gasteiger partial charge in [-0.25, -0.2) is 12.7 Å². The van der Waals surface area contributed by atoms with Gasteiger partial charge < -0.3 is 10.2 Å². The van der Waals surface area contributed by atoms with Gasteiger partial charge in [-0.3, -0.25) is 4.79 Å². The first-order chi connectivity index (χ1) is 11.0. The average molecular weight is 343 g/mol. The molecule has 2 saturated heterocycles. The summed E-state index contributed by atoms with van der Waals surface area (Å²) in [6.07, 6.45) is 6.53. The van der Waals surface area contributed by atoms with E-state index in [2.05, 4.69) is 5.32 Å². The molecule has 3 aliphatic rings. The molecule has 1 N–H and O–H groups in total. The Morgan fingerprint density at radius 2 is 1.87 bits per heavy atom. The first-order valence-corrected chi connectivity index (χ1v) is 10.5. The summed E-state index contributed by atoms with van der Waals surface area (Å²) in [4.78, 5) is 14.4. The number of sulfonamides is 1. The van der Waals surface area contributed by atoms with E-state index in [9.17, 15) is 13.2 Å². The van der Waals surface area contributed by atoms with E-state index in [0.717, 1.165) is 58.2 Å². The molecule has 3 rings (SSSR count). The number of hydrogen-bond acceptors (Lipinski definition) is 4. The van der Waals surface area contributed by atoms with Crippen molar-refractivity contribution in [3.05, 3.63) is 0 Å². The van der Waals surface area contributed by atoms with Crippen molar-refractivity contribution in [2.24, 2.45) is 5.92 Å². The predicted molar refractivity (Wildman–Crippen MR) is 89.5 cm³/mol. The Hall–Kier alpha value is -0.660. The molecule has 0 bridgehead atoms. The van der Waals surface area contributed by atoms with Crippen molar-refractivity contribution in [3.63, 3.8) is 0 Å². The van der Waals surface area contributed by atoms with Crippen molar-refractivity contribution >= 4 is 15.9 Å². The maximum Gasteiger partial charge on any atom is 0.225 e. The highest BCUT2D eigenvalue weighted by atomic mass is 32.2. The highest BCUT2D eigenvalue weighted by Gasteiger charge is 2.39. The normalized spacial score (nSPS) is 30.3. The third-order valence-corrected chi connectivity index (χ3v) is 8.09. The van der Waals surface area contributed by atoms with Crippen LogP contribution in [0.3, 0.4) is 0 Å². The molecule has 2 heterocycles. The van der Waals surface area contributed by atoms with Gasteiger partial charge in [0.15, 0.2) is 0 Å². The molecule has 0 aromatic carbocycles. The number of nitrogens with one attached hydrogen (secondary N) is 1. The van der Waals surface area contributed by atoms with E-state index >= 15 is 0 Å². The van der Waals surface area contributed by atoms with Crippen LogP contribution in [-0.2, 0) is 14.8 Å². The van der Waals surface area contributed by atoms with Gasteiger partial charge in [0.2, 0.25) is 15.9 Å². The quantitative estimate of drug-likeness (QED) is 0.819. The molecule has 1 saturated carbocycles. The summed E-state index contributed by atoms with van der Waals surface area (Å²) in [5, 5.41) is 2.78. The van der Waals surface area contributed by atoms with Crippen LogP contribution in [0.15, 0.2) is 0 Å². The Balaban J connectivity index is 1.65. The zero-order chi connectivity index (χ0) is 16.4. The fourth-order valence-electron chi connectivity index (χ4n) is 4.21. The number of nitrogens with zero attached hydrogens (tertiary/aromatic N) is 2. The standard InChI is InChI=1S/C16H29N3O3S/c1-18(14-8-9-17-11-14)23(21,22)15-7-4-10-19(12-15)16(20)13-5-2-3-6-13/h13-15,17H,2-12H2,1H3. The molecule has 2 aliphatic heterocycles. The van der Waals surface area contributed by atoms with Gasteiger partial charge in [0.1, 0.15) is 0 Å². The molecule has 132 valence electrons. The van der Waals surface area contributed by atoms with Gasteiger partial charge in [0.05, 0.1) is 5.25 Å². The molecule has 7 heteroatoms. The maximum atomic E-state index is 12.9. The van der Waals surface area contributed by atoms with Crippen LogP contribution in [0.2, 0.25) is 0 Å². The molecule has 1 aliphatic carbocycles. The van der Waals surface area contributed by atoms with Gasteiger partial charge in [0, 0.05) is 38.6 Å². The molecule has 1 amide bonds. The summed E-state index contributed by atoms with van der Waals surface area (Å²) >= 11 is 0. The fourth-order valence-corrected chi connectivity index (χ4v) is 6.10. The van der Waals surface area contributed by atoms with Gasteiger partial charge in [-0.1, -0.05) is 12.8 Å². The first kappa shape index (κ1) is 17.2.